The minimum Gasteiger partial charge on any atom is -0.358 e. The summed E-state index contributed by atoms with van der Waals surface area (Å²) in [5.74, 6) is 0.607. The molecule has 2 rings (SSSR count). The summed E-state index contributed by atoms with van der Waals surface area (Å²) in [5, 5.41) is 11.0. The first-order valence-electron chi connectivity index (χ1n) is 8.07. The molecule has 1 N–H and O–H groups in total. The van der Waals surface area contributed by atoms with Crippen LogP contribution in [0, 0.1) is 0 Å². The average Bonchev–Trinajstić information content (AvgIpc) is 2.60. The number of nitrogens with one attached hydrogen (secondary N) is 1. The fourth-order valence-corrected chi connectivity index (χ4v) is 2.22. The normalized spacial score (nSPS) is 10.3. The Morgan fingerprint density at radius 2 is 1.91 bits per heavy atom. The first kappa shape index (κ1) is 16.9. The van der Waals surface area contributed by atoms with Crippen LogP contribution in [0.15, 0.2) is 42.5 Å². The Balaban J connectivity index is 1.82. The highest BCUT2D eigenvalue weighted by molar-refractivity contribution is 5.92. The molecule has 0 fully saturated rings. The highest BCUT2D eigenvalue weighted by Gasteiger charge is 2.09. The Hall–Kier alpha value is -2.43. The molecule has 122 valence electrons. The molecule has 23 heavy (non-hydrogen) atoms. The molecule has 2 aromatic rings. The van der Waals surface area contributed by atoms with E-state index in [4.69, 9.17) is 0 Å². The minimum atomic E-state index is -0.184. The zero-order valence-electron chi connectivity index (χ0n) is 13.8. The molecule has 0 saturated heterocycles. The molecule has 0 aliphatic heterocycles. The summed E-state index contributed by atoms with van der Waals surface area (Å²) >= 11 is 0. The number of hydrogen-bond acceptors (Lipinski definition) is 4. The molecular formula is C18H24N4O. The predicted molar refractivity (Wildman–Crippen MR) is 92.7 cm³/mol. The summed E-state index contributed by atoms with van der Waals surface area (Å²) in [6.45, 7) is 3.68. The molecule has 0 bridgehead atoms. The van der Waals surface area contributed by atoms with Gasteiger partial charge in [-0.1, -0.05) is 43.7 Å². The Kier molecular flexibility index (Phi) is 6.54. The molecule has 0 aliphatic rings. The highest BCUT2D eigenvalue weighted by atomic mass is 16.1. The van der Waals surface area contributed by atoms with E-state index in [1.54, 1.807) is 6.07 Å². The van der Waals surface area contributed by atoms with E-state index < -0.39 is 0 Å². The van der Waals surface area contributed by atoms with Crippen molar-refractivity contribution in [3.05, 3.63) is 53.7 Å². The van der Waals surface area contributed by atoms with E-state index in [0.29, 0.717) is 12.2 Å². The lowest BCUT2D eigenvalue weighted by Gasteiger charge is -2.16. The van der Waals surface area contributed by atoms with Crippen LogP contribution in [-0.2, 0) is 6.42 Å². The second kappa shape index (κ2) is 8.88. The first-order valence-corrected chi connectivity index (χ1v) is 8.07. The second-order valence-corrected chi connectivity index (χ2v) is 5.54. The Morgan fingerprint density at radius 1 is 1.13 bits per heavy atom. The van der Waals surface area contributed by atoms with Crippen LogP contribution in [0.3, 0.4) is 0 Å². The molecule has 0 aliphatic carbocycles. The van der Waals surface area contributed by atoms with Crippen molar-refractivity contribution in [1.82, 2.24) is 15.5 Å². The Bertz CT molecular complexity index is 598. The summed E-state index contributed by atoms with van der Waals surface area (Å²) in [4.78, 5) is 14.1. The van der Waals surface area contributed by atoms with Crippen LogP contribution in [-0.4, -0.2) is 36.2 Å². The van der Waals surface area contributed by atoms with Crippen molar-refractivity contribution in [2.75, 3.05) is 25.0 Å². The number of rotatable bonds is 8. The summed E-state index contributed by atoms with van der Waals surface area (Å²) < 4.78 is 0. The van der Waals surface area contributed by atoms with E-state index in [-0.39, 0.29) is 5.91 Å². The van der Waals surface area contributed by atoms with Crippen LogP contribution in [0.2, 0.25) is 0 Å². The van der Waals surface area contributed by atoms with Crippen molar-refractivity contribution >= 4 is 11.7 Å². The van der Waals surface area contributed by atoms with Gasteiger partial charge in [0.15, 0.2) is 11.5 Å². The van der Waals surface area contributed by atoms with Crippen LogP contribution in [0.5, 0.6) is 0 Å². The number of nitrogens with zero attached hydrogens (tertiary/aromatic N) is 3. The van der Waals surface area contributed by atoms with Crippen molar-refractivity contribution in [3.8, 4) is 0 Å². The number of carbonyl (C=O) groups excluding carboxylic acids is 1. The molecule has 1 amide bonds. The summed E-state index contributed by atoms with van der Waals surface area (Å²) in [6.07, 6.45) is 3.05. The zero-order valence-corrected chi connectivity index (χ0v) is 13.8. The molecule has 0 saturated carbocycles. The van der Waals surface area contributed by atoms with Gasteiger partial charge in [0.25, 0.3) is 5.91 Å². The monoisotopic (exact) mass is 312 g/mol. The number of amides is 1. The summed E-state index contributed by atoms with van der Waals surface area (Å²) in [7, 11) is 1.99. The maximum Gasteiger partial charge on any atom is 0.271 e. The van der Waals surface area contributed by atoms with E-state index in [1.165, 1.54) is 5.56 Å². The third-order valence-electron chi connectivity index (χ3n) is 3.66. The minimum absolute atomic E-state index is 0.184. The largest absolute Gasteiger partial charge is 0.358 e. The van der Waals surface area contributed by atoms with Crippen LogP contribution in [0.1, 0.15) is 35.8 Å². The lowest BCUT2D eigenvalue weighted by atomic mass is 10.1. The number of anilines is 1. The van der Waals surface area contributed by atoms with E-state index in [9.17, 15) is 4.79 Å². The standard InChI is InChI=1S/C18H24N4O/c1-3-4-14-22(2)17-11-10-16(20-21-17)18(23)19-13-12-15-8-6-5-7-9-15/h5-11H,3-4,12-14H2,1-2H3,(H,19,23). The quantitative estimate of drug-likeness (QED) is 0.814. The molecule has 0 radical (unpaired) electrons. The topological polar surface area (TPSA) is 58.1 Å². The van der Waals surface area contributed by atoms with Gasteiger partial charge in [0.05, 0.1) is 0 Å². The second-order valence-electron chi connectivity index (χ2n) is 5.54. The zero-order chi connectivity index (χ0) is 16.5. The van der Waals surface area contributed by atoms with Crippen molar-refractivity contribution in [2.24, 2.45) is 0 Å². The van der Waals surface area contributed by atoms with Crippen LogP contribution < -0.4 is 10.2 Å². The first-order chi connectivity index (χ1) is 11.2. The van der Waals surface area contributed by atoms with Crippen molar-refractivity contribution in [3.63, 3.8) is 0 Å². The van der Waals surface area contributed by atoms with Gasteiger partial charge in [0, 0.05) is 20.1 Å². The lowest BCUT2D eigenvalue weighted by Crippen LogP contribution is -2.27. The third kappa shape index (κ3) is 5.36. The van der Waals surface area contributed by atoms with Crippen LogP contribution >= 0.6 is 0 Å². The molecular weight excluding hydrogens is 288 g/mol. The summed E-state index contributed by atoms with van der Waals surface area (Å²) in [6, 6.07) is 13.6. The number of carbonyl (C=O) groups is 1. The molecule has 0 atom stereocenters. The SMILES string of the molecule is CCCCN(C)c1ccc(C(=O)NCCc2ccccc2)nn1. The molecule has 5 heteroatoms. The smallest absolute Gasteiger partial charge is 0.271 e. The average molecular weight is 312 g/mol. The van der Waals surface area contributed by atoms with Crippen molar-refractivity contribution in [1.29, 1.82) is 0 Å². The number of aromatic nitrogens is 2. The molecule has 5 nitrogen and oxygen atoms in total. The molecule has 0 spiro atoms. The Morgan fingerprint density at radius 3 is 2.57 bits per heavy atom. The predicted octanol–water partition coefficient (Wildman–Crippen LogP) is 2.69. The molecule has 1 aromatic heterocycles. The molecule has 0 unspecified atom stereocenters. The fourth-order valence-electron chi connectivity index (χ4n) is 2.22. The molecule has 1 aromatic carbocycles. The fraction of sp³-hybridized carbons (Fsp3) is 0.389. The van der Waals surface area contributed by atoms with Gasteiger partial charge in [-0.05, 0) is 30.5 Å². The van der Waals surface area contributed by atoms with E-state index in [0.717, 1.165) is 31.6 Å². The van der Waals surface area contributed by atoms with Crippen LogP contribution in [0.4, 0.5) is 5.82 Å². The molecule has 1 heterocycles. The highest BCUT2D eigenvalue weighted by Crippen LogP contribution is 2.08. The van der Waals surface area contributed by atoms with Gasteiger partial charge in [-0.25, -0.2) is 0 Å². The summed E-state index contributed by atoms with van der Waals surface area (Å²) in [5.41, 5.74) is 1.55. The Labute approximate surface area is 137 Å². The van der Waals surface area contributed by atoms with E-state index >= 15 is 0 Å². The van der Waals surface area contributed by atoms with E-state index in [1.807, 2.05) is 48.3 Å². The van der Waals surface area contributed by atoms with Gasteiger partial charge in [-0.3, -0.25) is 4.79 Å². The lowest BCUT2D eigenvalue weighted by molar-refractivity contribution is 0.0948. The van der Waals surface area contributed by atoms with E-state index in [2.05, 4.69) is 22.4 Å². The number of benzene rings is 1. The maximum atomic E-state index is 12.1. The third-order valence-corrected chi connectivity index (χ3v) is 3.66. The number of hydrogen-bond donors (Lipinski definition) is 1. The van der Waals surface area contributed by atoms with Gasteiger partial charge in [-0.2, -0.15) is 0 Å². The van der Waals surface area contributed by atoms with Crippen molar-refractivity contribution < 1.29 is 4.79 Å². The van der Waals surface area contributed by atoms with Gasteiger partial charge in [0.2, 0.25) is 0 Å². The maximum absolute atomic E-state index is 12.1. The van der Waals surface area contributed by atoms with Gasteiger partial charge < -0.3 is 10.2 Å². The van der Waals surface area contributed by atoms with Crippen molar-refractivity contribution in [2.45, 2.75) is 26.2 Å². The van der Waals surface area contributed by atoms with Gasteiger partial charge in [-0.15, -0.1) is 10.2 Å². The van der Waals surface area contributed by atoms with Crippen LogP contribution in [0.25, 0.3) is 0 Å². The van der Waals surface area contributed by atoms with Gasteiger partial charge in [0.1, 0.15) is 0 Å². The van der Waals surface area contributed by atoms with Gasteiger partial charge >= 0.3 is 0 Å². The number of unbranched alkanes of at least 4 members (excludes halogenated alkanes) is 1.